The summed E-state index contributed by atoms with van der Waals surface area (Å²) in [5.41, 5.74) is 1.79. The SMILES string of the molecule is CCn1c(=O)ccc2cnc(Nc3ccncc3)cc21. The number of hydrogen-bond acceptors (Lipinski definition) is 4. The van der Waals surface area contributed by atoms with E-state index in [1.807, 2.05) is 25.1 Å². The fourth-order valence-electron chi connectivity index (χ4n) is 2.16. The molecule has 3 aromatic heterocycles. The minimum atomic E-state index is 0.000983. The molecule has 0 amide bonds. The van der Waals surface area contributed by atoms with Gasteiger partial charge in [-0.2, -0.15) is 0 Å². The van der Waals surface area contributed by atoms with Gasteiger partial charge in [0.05, 0.1) is 5.52 Å². The van der Waals surface area contributed by atoms with E-state index in [0.29, 0.717) is 12.4 Å². The maximum atomic E-state index is 11.8. The minimum Gasteiger partial charge on any atom is -0.340 e. The molecule has 20 heavy (non-hydrogen) atoms. The first-order valence-electron chi connectivity index (χ1n) is 6.44. The second kappa shape index (κ2) is 5.13. The molecule has 100 valence electrons. The summed E-state index contributed by atoms with van der Waals surface area (Å²) in [6.45, 7) is 2.59. The van der Waals surface area contributed by atoms with Crippen LogP contribution in [0.4, 0.5) is 11.5 Å². The summed E-state index contributed by atoms with van der Waals surface area (Å²) in [6, 6.07) is 8.99. The van der Waals surface area contributed by atoms with Crippen LogP contribution in [0.2, 0.25) is 0 Å². The van der Waals surface area contributed by atoms with Gasteiger partial charge in [0.25, 0.3) is 5.56 Å². The molecule has 1 N–H and O–H groups in total. The summed E-state index contributed by atoms with van der Waals surface area (Å²) in [5.74, 6) is 0.705. The molecule has 3 heterocycles. The van der Waals surface area contributed by atoms with Crippen molar-refractivity contribution in [3.05, 3.63) is 59.3 Å². The number of hydrogen-bond donors (Lipinski definition) is 1. The Kier molecular flexibility index (Phi) is 3.16. The van der Waals surface area contributed by atoms with Gasteiger partial charge in [-0.15, -0.1) is 0 Å². The van der Waals surface area contributed by atoms with E-state index in [2.05, 4.69) is 15.3 Å². The molecule has 0 fully saturated rings. The van der Waals surface area contributed by atoms with E-state index < -0.39 is 0 Å². The Morgan fingerprint density at radius 3 is 2.75 bits per heavy atom. The van der Waals surface area contributed by atoms with Crippen molar-refractivity contribution in [3.63, 3.8) is 0 Å². The molecule has 0 aromatic carbocycles. The largest absolute Gasteiger partial charge is 0.340 e. The van der Waals surface area contributed by atoms with Crippen molar-refractivity contribution in [1.29, 1.82) is 0 Å². The number of aromatic nitrogens is 3. The van der Waals surface area contributed by atoms with Crippen molar-refractivity contribution in [2.75, 3.05) is 5.32 Å². The second-order valence-electron chi connectivity index (χ2n) is 4.41. The predicted molar refractivity (Wildman–Crippen MR) is 79.2 cm³/mol. The third-order valence-corrected chi connectivity index (χ3v) is 3.14. The van der Waals surface area contributed by atoms with E-state index in [1.54, 1.807) is 35.3 Å². The zero-order chi connectivity index (χ0) is 13.9. The summed E-state index contributed by atoms with van der Waals surface area (Å²) in [4.78, 5) is 20.2. The average molecular weight is 266 g/mol. The molecule has 3 rings (SSSR count). The lowest BCUT2D eigenvalue weighted by atomic mass is 10.2. The van der Waals surface area contributed by atoms with Gasteiger partial charge in [0.15, 0.2) is 0 Å². The Bertz CT molecular complexity index is 796. The van der Waals surface area contributed by atoms with Gasteiger partial charge in [-0.1, -0.05) is 0 Å². The number of nitrogens with one attached hydrogen (secondary N) is 1. The maximum absolute atomic E-state index is 11.8. The van der Waals surface area contributed by atoms with Crippen molar-refractivity contribution in [3.8, 4) is 0 Å². The van der Waals surface area contributed by atoms with Crippen molar-refractivity contribution in [1.82, 2.24) is 14.5 Å². The standard InChI is InChI=1S/C15H14N4O/c1-2-19-13-9-14(18-12-5-7-16-8-6-12)17-10-11(13)3-4-15(19)20/h3-10H,2H2,1H3,(H,16,17,18). The molecule has 3 aromatic rings. The monoisotopic (exact) mass is 266 g/mol. The van der Waals surface area contributed by atoms with Crippen LogP contribution in [0, 0.1) is 0 Å². The van der Waals surface area contributed by atoms with Gasteiger partial charge >= 0.3 is 0 Å². The molecule has 0 radical (unpaired) electrons. The molecule has 0 unspecified atom stereocenters. The molecule has 0 aliphatic rings. The number of nitrogens with zero attached hydrogens (tertiary/aromatic N) is 3. The second-order valence-corrected chi connectivity index (χ2v) is 4.41. The predicted octanol–water partition coefficient (Wildman–Crippen LogP) is 2.56. The lowest BCUT2D eigenvalue weighted by Crippen LogP contribution is -2.18. The number of rotatable bonds is 3. The van der Waals surface area contributed by atoms with Crippen molar-refractivity contribution in [2.24, 2.45) is 0 Å². The van der Waals surface area contributed by atoms with Gasteiger partial charge in [-0.25, -0.2) is 4.98 Å². The summed E-state index contributed by atoms with van der Waals surface area (Å²) < 4.78 is 1.73. The Labute approximate surface area is 115 Å². The topological polar surface area (TPSA) is 59.8 Å². The molecule has 0 aliphatic heterocycles. The summed E-state index contributed by atoms with van der Waals surface area (Å²) in [6.07, 6.45) is 5.20. The summed E-state index contributed by atoms with van der Waals surface area (Å²) in [7, 11) is 0. The highest BCUT2D eigenvalue weighted by molar-refractivity contribution is 5.81. The van der Waals surface area contributed by atoms with Gasteiger partial charge in [0, 0.05) is 48.3 Å². The van der Waals surface area contributed by atoms with Crippen molar-refractivity contribution in [2.45, 2.75) is 13.5 Å². The fraction of sp³-hybridized carbons (Fsp3) is 0.133. The first kappa shape index (κ1) is 12.3. The third-order valence-electron chi connectivity index (χ3n) is 3.14. The molecule has 0 spiro atoms. The van der Waals surface area contributed by atoms with Gasteiger partial charge in [-0.05, 0) is 25.1 Å². The van der Waals surface area contributed by atoms with Crippen LogP contribution in [0.15, 0.2) is 53.7 Å². The van der Waals surface area contributed by atoms with Gasteiger partial charge in [0.2, 0.25) is 0 Å². The average Bonchev–Trinajstić information content (AvgIpc) is 2.48. The van der Waals surface area contributed by atoms with Crippen LogP contribution in [0.5, 0.6) is 0 Å². The Morgan fingerprint density at radius 2 is 2.00 bits per heavy atom. The Hall–Kier alpha value is -2.69. The summed E-state index contributed by atoms with van der Waals surface area (Å²) in [5, 5.41) is 4.15. The van der Waals surface area contributed by atoms with Gasteiger partial charge < -0.3 is 9.88 Å². The molecule has 5 nitrogen and oxygen atoms in total. The lowest BCUT2D eigenvalue weighted by Gasteiger charge is -2.10. The zero-order valence-corrected chi connectivity index (χ0v) is 11.1. The van der Waals surface area contributed by atoms with E-state index in [4.69, 9.17) is 0 Å². The molecule has 0 saturated heterocycles. The van der Waals surface area contributed by atoms with Crippen molar-refractivity contribution < 1.29 is 0 Å². The molecule has 0 aliphatic carbocycles. The number of aryl methyl sites for hydroxylation is 1. The van der Waals surface area contributed by atoms with Crippen LogP contribution in [-0.2, 0) is 6.54 Å². The molecular weight excluding hydrogens is 252 g/mol. The van der Waals surface area contributed by atoms with Crippen LogP contribution >= 0.6 is 0 Å². The van der Waals surface area contributed by atoms with E-state index in [-0.39, 0.29) is 5.56 Å². The van der Waals surface area contributed by atoms with E-state index >= 15 is 0 Å². The third kappa shape index (κ3) is 2.25. The highest BCUT2D eigenvalue weighted by Gasteiger charge is 2.04. The fourth-order valence-corrected chi connectivity index (χ4v) is 2.16. The normalized spacial score (nSPS) is 10.7. The van der Waals surface area contributed by atoms with Crippen LogP contribution < -0.4 is 10.9 Å². The first-order chi connectivity index (χ1) is 9.78. The van der Waals surface area contributed by atoms with Crippen LogP contribution in [0.25, 0.3) is 10.9 Å². The van der Waals surface area contributed by atoms with Crippen molar-refractivity contribution >= 4 is 22.4 Å². The van der Waals surface area contributed by atoms with E-state index in [9.17, 15) is 4.79 Å². The number of fused-ring (bicyclic) bond motifs is 1. The Morgan fingerprint density at radius 1 is 1.20 bits per heavy atom. The maximum Gasteiger partial charge on any atom is 0.251 e. The van der Waals surface area contributed by atoms with E-state index in [1.165, 1.54) is 0 Å². The molecule has 0 atom stereocenters. The smallest absolute Gasteiger partial charge is 0.251 e. The molecular formula is C15H14N4O. The molecule has 0 saturated carbocycles. The summed E-state index contributed by atoms with van der Waals surface area (Å²) >= 11 is 0. The van der Waals surface area contributed by atoms with E-state index in [0.717, 1.165) is 16.6 Å². The quantitative estimate of drug-likeness (QED) is 0.791. The van der Waals surface area contributed by atoms with Gasteiger partial charge in [-0.3, -0.25) is 9.78 Å². The molecule has 0 bridgehead atoms. The van der Waals surface area contributed by atoms with Crippen LogP contribution in [0.1, 0.15) is 6.92 Å². The first-order valence-corrected chi connectivity index (χ1v) is 6.44. The number of pyridine rings is 3. The Balaban J connectivity index is 2.08. The van der Waals surface area contributed by atoms with Crippen LogP contribution in [0.3, 0.4) is 0 Å². The lowest BCUT2D eigenvalue weighted by molar-refractivity contribution is 0.759. The molecule has 5 heteroatoms. The number of anilines is 2. The van der Waals surface area contributed by atoms with Crippen LogP contribution in [-0.4, -0.2) is 14.5 Å². The highest BCUT2D eigenvalue weighted by atomic mass is 16.1. The minimum absolute atomic E-state index is 0.000983. The zero-order valence-electron chi connectivity index (χ0n) is 11.1. The highest BCUT2D eigenvalue weighted by Crippen LogP contribution is 2.18. The van der Waals surface area contributed by atoms with Gasteiger partial charge in [0.1, 0.15) is 5.82 Å².